The zero-order chi connectivity index (χ0) is 14.3. The van der Waals surface area contributed by atoms with Crippen molar-refractivity contribution in [3.05, 3.63) is 41.6 Å². The highest BCUT2D eigenvalue weighted by molar-refractivity contribution is 6.08. The number of furan rings is 1. The minimum absolute atomic E-state index is 0.198. The van der Waals surface area contributed by atoms with Crippen LogP contribution in [0.1, 0.15) is 21.9 Å². The number of pyridine rings is 1. The van der Waals surface area contributed by atoms with Crippen LogP contribution >= 0.6 is 0 Å². The van der Waals surface area contributed by atoms with E-state index in [2.05, 4.69) is 15.4 Å². The fourth-order valence-corrected chi connectivity index (χ4v) is 2.20. The fraction of sp³-hybridized carbons (Fsp3) is 0.214. The van der Waals surface area contributed by atoms with Gasteiger partial charge in [0.25, 0.3) is 5.91 Å². The lowest BCUT2D eigenvalue weighted by atomic mass is 10.2. The minimum Gasteiger partial charge on any atom is -0.466 e. The first-order chi connectivity index (χ1) is 9.56. The number of aromatic nitrogens is 3. The molecule has 0 aliphatic rings. The number of hydrogen-bond acceptors (Lipinski definition) is 4. The van der Waals surface area contributed by atoms with E-state index in [1.54, 1.807) is 36.1 Å². The van der Waals surface area contributed by atoms with Gasteiger partial charge < -0.3 is 9.73 Å². The first-order valence-corrected chi connectivity index (χ1v) is 6.21. The molecule has 1 amide bonds. The second kappa shape index (κ2) is 4.48. The van der Waals surface area contributed by atoms with Gasteiger partial charge in [0.05, 0.1) is 22.8 Å². The summed E-state index contributed by atoms with van der Waals surface area (Å²) in [7, 11) is 1.81. The molecule has 0 atom stereocenters. The quantitative estimate of drug-likeness (QED) is 0.776. The Kier molecular flexibility index (Phi) is 2.78. The van der Waals surface area contributed by atoms with Crippen molar-refractivity contribution in [2.45, 2.75) is 13.8 Å². The number of rotatable bonds is 2. The molecule has 3 aromatic heterocycles. The zero-order valence-corrected chi connectivity index (χ0v) is 11.5. The highest BCUT2D eigenvalue weighted by atomic mass is 16.3. The van der Waals surface area contributed by atoms with Crippen LogP contribution in [0.2, 0.25) is 0 Å². The van der Waals surface area contributed by atoms with E-state index < -0.39 is 0 Å². The molecular formula is C14H14N4O2. The van der Waals surface area contributed by atoms with Crippen molar-refractivity contribution in [1.82, 2.24) is 14.8 Å². The third kappa shape index (κ3) is 1.95. The summed E-state index contributed by atoms with van der Waals surface area (Å²) in [5, 5.41) is 7.83. The molecule has 6 nitrogen and oxygen atoms in total. The summed E-state index contributed by atoms with van der Waals surface area (Å²) in [5.74, 6) is 1.13. The maximum Gasteiger partial charge on any atom is 0.259 e. The molecule has 0 unspecified atom stereocenters. The fourth-order valence-electron chi connectivity index (χ4n) is 2.20. The summed E-state index contributed by atoms with van der Waals surface area (Å²) in [6.45, 7) is 3.59. The molecule has 0 aliphatic carbocycles. The molecule has 0 saturated carbocycles. The standard InChI is InChI=1S/C14H14N4O2/c1-8-6-10(9(2)20-8)14(19)17-12-4-5-15-13-11(12)7-16-18(13)3/h4-7H,1-3H3,(H,15,17,19). The van der Waals surface area contributed by atoms with Crippen LogP contribution in [0.3, 0.4) is 0 Å². The Morgan fingerprint density at radius 2 is 2.20 bits per heavy atom. The van der Waals surface area contributed by atoms with E-state index in [-0.39, 0.29) is 5.91 Å². The van der Waals surface area contributed by atoms with E-state index in [4.69, 9.17) is 4.42 Å². The van der Waals surface area contributed by atoms with E-state index in [0.717, 1.165) is 11.0 Å². The minimum atomic E-state index is -0.198. The molecule has 102 valence electrons. The largest absolute Gasteiger partial charge is 0.466 e. The predicted molar refractivity (Wildman–Crippen MR) is 74.6 cm³/mol. The van der Waals surface area contributed by atoms with Gasteiger partial charge in [0.2, 0.25) is 0 Å². The average molecular weight is 270 g/mol. The van der Waals surface area contributed by atoms with Crippen molar-refractivity contribution in [3.8, 4) is 0 Å². The van der Waals surface area contributed by atoms with Gasteiger partial charge in [-0.2, -0.15) is 5.10 Å². The summed E-state index contributed by atoms with van der Waals surface area (Å²) in [6.07, 6.45) is 3.33. The van der Waals surface area contributed by atoms with E-state index in [9.17, 15) is 4.79 Å². The van der Waals surface area contributed by atoms with Gasteiger partial charge in [-0.25, -0.2) is 4.98 Å². The Morgan fingerprint density at radius 1 is 1.40 bits per heavy atom. The van der Waals surface area contributed by atoms with E-state index in [1.807, 2.05) is 14.0 Å². The number of anilines is 1. The molecular weight excluding hydrogens is 256 g/mol. The maximum atomic E-state index is 12.3. The molecule has 0 radical (unpaired) electrons. The number of amides is 1. The van der Waals surface area contributed by atoms with Crippen LogP contribution in [-0.2, 0) is 7.05 Å². The van der Waals surface area contributed by atoms with Crippen LogP contribution in [0.4, 0.5) is 5.69 Å². The van der Waals surface area contributed by atoms with Crippen molar-refractivity contribution < 1.29 is 9.21 Å². The summed E-state index contributed by atoms with van der Waals surface area (Å²) >= 11 is 0. The molecule has 3 aromatic rings. The zero-order valence-electron chi connectivity index (χ0n) is 11.5. The highest BCUT2D eigenvalue weighted by Gasteiger charge is 2.15. The lowest BCUT2D eigenvalue weighted by Crippen LogP contribution is -2.12. The third-order valence-electron chi connectivity index (χ3n) is 3.17. The molecule has 0 fully saturated rings. The van der Waals surface area contributed by atoms with Crippen LogP contribution in [-0.4, -0.2) is 20.7 Å². The molecule has 0 aromatic carbocycles. The van der Waals surface area contributed by atoms with Gasteiger partial charge in [-0.3, -0.25) is 9.48 Å². The van der Waals surface area contributed by atoms with Crippen LogP contribution in [0.25, 0.3) is 11.0 Å². The van der Waals surface area contributed by atoms with Gasteiger partial charge in [0, 0.05) is 13.2 Å². The average Bonchev–Trinajstić information content (AvgIpc) is 2.94. The second-order valence-electron chi connectivity index (χ2n) is 4.65. The third-order valence-corrected chi connectivity index (χ3v) is 3.17. The number of aryl methyl sites for hydroxylation is 3. The molecule has 3 heterocycles. The van der Waals surface area contributed by atoms with E-state index in [1.165, 1.54) is 0 Å². The topological polar surface area (TPSA) is 73.0 Å². The summed E-state index contributed by atoms with van der Waals surface area (Å²) in [6, 6.07) is 3.48. The van der Waals surface area contributed by atoms with Gasteiger partial charge in [-0.05, 0) is 26.0 Å². The predicted octanol–water partition coefficient (Wildman–Crippen LogP) is 2.43. The molecule has 0 saturated heterocycles. The van der Waals surface area contributed by atoms with Crippen LogP contribution in [0.5, 0.6) is 0 Å². The molecule has 1 N–H and O–H groups in total. The van der Waals surface area contributed by atoms with Gasteiger partial charge >= 0.3 is 0 Å². The molecule has 3 rings (SSSR count). The highest BCUT2D eigenvalue weighted by Crippen LogP contribution is 2.22. The lowest BCUT2D eigenvalue weighted by molar-refractivity contribution is 0.102. The summed E-state index contributed by atoms with van der Waals surface area (Å²) in [4.78, 5) is 16.5. The SMILES string of the molecule is Cc1cc(C(=O)Nc2ccnc3c2cnn3C)c(C)o1. The van der Waals surface area contributed by atoms with E-state index in [0.29, 0.717) is 22.8 Å². The van der Waals surface area contributed by atoms with E-state index >= 15 is 0 Å². The number of fused-ring (bicyclic) bond motifs is 1. The maximum absolute atomic E-state index is 12.3. The normalized spacial score (nSPS) is 10.9. The van der Waals surface area contributed by atoms with Crippen LogP contribution < -0.4 is 5.32 Å². The number of hydrogen-bond donors (Lipinski definition) is 1. The second-order valence-corrected chi connectivity index (χ2v) is 4.65. The molecule has 0 aliphatic heterocycles. The Balaban J connectivity index is 1.97. The Bertz CT molecular complexity index is 801. The van der Waals surface area contributed by atoms with Gasteiger partial charge in [-0.15, -0.1) is 0 Å². The smallest absolute Gasteiger partial charge is 0.259 e. The van der Waals surface area contributed by atoms with Crippen molar-refractivity contribution >= 4 is 22.6 Å². The molecule has 6 heteroatoms. The van der Waals surface area contributed by atoms with Crippen LogP contribution in [0.15, 0.2) is 28.9 Å². The molecule has 0 spiro atoms. The molecule has 20 heavy (non-hydrogen) atoms. The number of nitrogens with zero attached hydrogens (tertiary/aromatic N) is 3. The van der Waals surface area contributed by atoms with Crippen molar-refractivity contribution in [2.24, 2.45) is 7.05 Å². The van der Waals surface area contributed by atoms with Crippen molar-refractivity contribution in [3.63, 3.8) is 0 Å². The monoisotopic (exact) mass is 270 g/mol. The molecule has 0 bridgehead atoms. The number of nitrogens with one attached hydrogen (secondary N) is 1. The summed E-state index contributed by atoms with van der Waals surface area (Å²) in [5.41, 5.74) is 1.95. The summed E-state index contributed by atoms with van der Waals surface area (Å²) < 4.78 is 7.04. The number of carbonyl (C=O) groups excluding carboxylic acids is 1. The van der Waals surface area contributed by atoms with Crippen LogP contribution in [0, 0.1) is 13.8 Å². The van der Waals surface area contributed by atoms with Crippen molar-refractivity contribution in [2.75, 3.05) is 5.32 Å². The van der Waals surface area contributed by atoms with Gasteiger partial charge in [0.15, 0.2) is 5.65 Å². The first-order valence-electron chi connectivity index (χ1n) is 6.21. The lowest BCUT2D eigenvalue weighted by Gasteiger charge is -2.05. The van der Waals surface area contributed by atoms with Crippen molar-refractivity contribution in [1.29, 1.82) is 0 Å². The van der Waals surface area contributed by atoms with Gasteiger partial charge in [0.1, 0.15) is 11.5 Å². The number of carbonyl (C=O) groups is 1. The first kappa shape index (κ1) is 12.4. The van der Waals surface area contributed by atoms with Gasteiger partial charge in [-0.1, -0.05) is 0 Å². The Hall–Kier alpha value is -2.63. The Morgan fingerprint density at radius 3 is 2.90 bits per heavy atom. The Labute approximate surface area is 115 Å².